The van der Waals surface area contributed by atoms with Crippen molar-refractivity contribution in [1.82, 2.24) is 15.1 Å². The molecule has 1 atom stereocenters. The number of ether oxygens (including phenoxy) is 1. The van der Waals surface area contributed by atoms with Crippen molar-refractivity contribution >= 4 is 63.7 Å². The summed E-state index contributed by atoms with van der Waals surface area (Å²) >= 11 is 5.54. The van der Waals surface area contributed by atoms with Crippen molar-refractivity contribution in [3.05, 3.63) is 77.1 Å². The molecule has 3 heterocycles. The molecule has 0 spiro atoms. The lowest BCUT2D eigenvalue weighted by atomic mass is 10.0. The number of nitrogens with zero attached hydrogens (tertiary/aromatic N) is 6. The van der Waals surface area contributed by atoms with E-state index < -0.39 is 46.5 Å². The van der Waals surface area contributed by atoms with Crippen LogP contribution in [0.3, 0.4) is 0 Å². The number of rotatable bonds is 11. The van der Waals surface area contributed by atoms with E-state index in [4.69, 9.17) is 17.0 Å². The van der Waals surface area contributed by atoms with Crippen LogP contribution >= 0.6 is 12.2 Å². The number of thiocarbonyl (C=S) groups is 1. The number of anilines is 4. The lowest BCUT2D eigenvalue weighted by Gasteiger charge is -2.34. The maximum absolute atomic E-state index is 15.4. The summed E-state index contributed by atoms with van der Waals surface area (Å²) in [4.78, 5) is 56.5. The van der Waals surface area contributed by atoms with Gasteiger partial charge in [0.2, 0.25) is 17.7 Å². The van der Waals surface area contributed by atoms with Crippen LogP contribution in [0, 0.1) is 28.5 Å². The van der Waals surface area contributed by atoms with Gasteiger partial charge in [0, 0.05) is 66.6 Å². The fourth-order valence-corrected chi connectivity index (χ4v) is 7.47. The molecule has 1 unspecified atom stereocenters. The van der Waals surface area contributed by atoms with Crippen molar-refractivity contribution in [2.45, 2.75) is 44.4 Å². The fraction of sp³-hybridized carbons (Fsp3) is 0.359. The molecule has 3 saturated heterocycles. The fourth-order valence-electron chi connectivity index (χ4n) is 6.94. The van der Waals surface area contributed by atoms with Gasteiger partial charge in [0.05, 0.1) is 41.1 Å². The highest BCUT2D eigenvalue weighted by Gasteiger charge is 2.51. The first-order chi connectivity index (χ1) is 27.5. The van der Waals surface area contributed by atoms with Crippen LogP contribution in [0.2, 0.25) is 0 Å². The smallest absolute Gasteiger partial charge is 0.417 e. The molecule has 0 aliphatic carbocycles. The Balaban J connectivity index is 0.00000331. The molecule has 19 heteroatoms. The zero-order chi connectivity index (χ0) is 41.9. The van der Waals surface area contributed by atoms with Crippen LogP contribution in [0.25, 0.3) is 0 Å². The second kappa shape index (κ2) is 16.8. The summed E-state index contributed by atoms with van der Waals surface area (Å²) in [5, 5.41) is 26.6. The molecule has 308 valence electrons. The number of piperidine rings is 1. The van der Waals surface area contributed by atoms with Crippen LogP contribution in [0.4, 0.5) is 40.3 Å². The molecule has 0 bridgehead atoms. The summed E-state index contributed by atoms with van der Waals surface area (Å²) in [6.45, 7) is 6.08. The van der Waals surface area contributed by atoms with Crippen molar-refractivity contribution < 1.29 is 45.8 Å². The van der Waals surface area contributed by atoms with Gasteiger partial charge < -0.3 is 20.3 Å². The summed E-state index contributed by atoms with van der Waals surface area (Å²) in [7, 11) is 0. The van der Waals surface area contributed by atoms with Gasteiger partial charge in [-0.15, -0.1) is 0 Å². The van der Waals surface area contributed by atoms with Gasteiger partial charge in [-0.3, -0.25) is 39.2 Å². The van der Waals surface area contributed by atoms with Crippen molar-refractivity contribution in [2.75, 3.05) is 66.3 Å². The molecule has 0 aromatic heterocycles. The Morgan fingerprint density at radius 2 is 1.67 bits per heavy atom. The van der Waals surface area contributed by atoms with E-state index in [0.717, 1.165) is 17.0 Å². The molecule has 3 aromatic rings. The minimum atomic E-state index is -4.85. The third-order valence-corrected chi connectivity index (χ3v) is 10.3. The number of carbonyl (C=O) groups is 4. The average Bonchev–Trinajstić information content (AvgIpc) is 3.35. The van der Waals surface area contributed by atoms with Gasteiger partial charge in [-0.1, -0.05) is 0 Å². The SMILES string of the molecule is CC1(C)C(=O)N(c2ccc(C#N)c(C(F)(F)F)c2)C(=S)N1c1ccc(OCCN2CCN(CC(=O)Nc3cc(C#N)cc(NC4CCC(=O)NC4=O)c3)CC2)c(F)c1.[HH].[HH].[HH]. The Bertz CT molecular complexity index is 2270. The molecular weight excluding hydrogens is 783 g/mol. The quantitative estimate of drug-likeness (QED) is 0.133. The van der Waals surface area contributed by atoms with E-state index in [9.17, 15) is 42.9 Å². The number of hydrogen-bond acceptors (Lipinski definition) is 11. The molecule has 3 fully saturated rings. The van der Waals surface area contributed by atoms with Crippen LogP contribution in [0.1, 0.15) is 47.7 Å². The molecule has 58 heavy (non-hydrogen) atoms. The number of nitrogens with one attached hydrogen (secondary N) is 3. The Morgan fingerprint density at radius 3 is 2.33 bits per heavy atom. The number of halogens is 4. The van der Waals surface area contributed by atoms with Crippen LogP contribution in [-0.2, 0) is 25.4 Å². The van der Waals surface area contributed by atoms with Crippen LogP contribution in [0.15, 0.2) is 54.6 Å². The topological polar surface area (TPSA) is 174 Å². The van der Waals surface area contributed by atoms with Crippen molar-refractivity contribution in [3.63, 3.8) is 0 Å². The van der Waals surface area contributed by atoms with E-state index in [2.05, 4.69) is 20.9 Å². The van der Waals surface area contributed by atoms with Gasteiger partial charge in [0.15, 0.2) is 16.7 Å². The molecular formula is C39H43F4N9O5S. The molecule has 3 aromatic carbocycles. The zero-order valence-electron chi connectivity index (χ0n) is 31.3. The summed E-state index contributed by atoms with van der Waals surface area (Å²) in [6, 6.07) is 14.5. The van der Waals surface area contributed by atoms with E-state index in [1.165, 1.54) is 49.1 Å². The highest BCUT2D eigenvalue weighted by Crippen LogP contribution is 2.40. The molecule has 3 N–H and O–H groups in total. The normalized spacial score (nSPS) is 18.7. The van der Waals surface area contributed by atoms with Crippen molar-refractivity contribution in [3.8, 4) is 17.9 Å². The molecule has 4 amide bonds. The van der Waals surface area contributed by atoms with Gasteiger partial charge in [-0.25, -0.2) is 4.39 Å². The number of nitriles is 2. The van der Waals surface area contributed by atoms with Gasteiger partial charge >= 0.3 is 6.18 Å². The highest BCUT2D eigenvalue weighted by atomic mass is 32.1. The Kier molecular flexibility index (Phi) is 12.0. The Morgan fingerprint density at radius 1 is 0.983 bits per heavy atom. The van der Waals surface area contributed by atoms with Crippen LogP contribution < -0.4 is 30.5 Å². The molecule has 3 aliphatic rings. The summed E-state index contributed by atoms with van der Waals surface area (Å²) in [5.74, 6) is -2.54. The average molecular weight is 826 g/mol. The number of benzene rings is 3. The lowest BCUT2D eigenvalue weighted by molar-refractivity contribution is -0.138. The third-order valence-electron chi connectivity index (χ3n) is 9.95. The van der Waals surface area contributed by atoms with Crippen LogP contribution in [-0.4, -0.2) is 96.0 Å². The van der Waals surface area contributed by atoms with E-state index in [-0.39, 0.29) is 63.5 Å². The first-order valence-corrected chi connectivity index (χ1v) is 18.5. The lowest BCUT2D eigenvalue weighted by Crippen LogP contribution is -2.49. The van der Waals surface area contributed by atoms with Gasteiger partial charge in [-0.2, -0.15) is 23.7 Å². The number of alkyl halides is 3. The number of imide groups is 1. The minimum Gasteiger partial charge on any atom is -0.489 e. The highest BCUT2D eigenvalue weighted by molar-refractivity contribution is 7.81. The summed E-state index contributed by atoms with van der Waals surface area (Å²) in [5.41, 5.74) is -2.11. The number of piperazine rings is 1. The van der Waals surface area contributed by atoms with Crippen molar-refractivity contribution in [1.29, 1.82) is 10.5 Å². The molecule has 0 radical (unpaired) electrons. The molecule has 0 saturated carbocycles. The predicted octanol–water partition coefficient (Wildman–Crippen LogP) is 5.09. The van der Waals surface area contributed by atoms with Crippen molar-refractivity contribution in [2.24, 2.45) is 0 Å². The van der Waals surface area contributed by atoms with Gasteiger partial charge in [0.25, 0.3) is 5.91 Å². The molecule has 14 nitrogen and oxygen atoms in total. The summed E-state index contributed by atoms with van der Waals surface area (Å²) < 4.78 is 62.2. The molecule has 3 aliphatic heterocycles. The molecule has 6 rings (SSSR count). The van der Waals surface area contributed by atoms with Gasteiger partial charge in [0.1, 0.15) is 18.2 Å². The van der Waals surface area contributed by atoms with Gasteiger partial charge in [-0.05, 0) is 81.0 Å². The first kappa shape index (κ1) is 41.5. The van der Waals surface area contributed by atoms with E-state index >= 15 is 4.39 Å². The number of amides is 4. The third kappa shape index (κ3) is 9.02. The zero-order valence-corrected chi connectivity index (χ0v) is 32.1. The summed E-state index contributed by atoms with van der Waals surface area (Å²) in [6.07, 6.45) is -4.37. The largest absolute Gasteiger partial charge is 0.489 e. The standard InChI is InChI=1S/C39H37F4N9O5S.3H2/c1-38(2)36(56)51(27-4-3-24(21-45)29(18-27)39(41,42)43)37(58)52(38)28-5-7-32(30(40)19-28)57-14-13-49-9-11-50(12-10-49)22-34(54)47-26-16-23(20-44)15-25(17-26)46-31-6-8-33(53)48-35(31)55;;;/h3-5,7,15-19,31,46H,6,8-14,22H2,1-2H3,(H,47,54)(H,48,53,55);3*1H. The second-order valence-electron chi connectivity index (χ2n) is 14.3. The maximum atomic E-state index is 15.4. The Labute approximate surface area is 340 Å². The maximum Gasteiger partial charge on any atom is 0.417 e. The van der Waals surface area contributed by atoms with E-state index in [0.29, 0.717) is 56.6 Å². The van der Waals surface area contributed by atoms with Crippen LogP contribution in [0.5, 0.6) is 5.75 Å². The Hall–Kier alpha value is -6.15. The number of carbonyl (C=O) groups excluding carboxylic acids is 4. The number of hydrogen-bond donors (Lipinski definition) is 3. The second-order valence-corrected chi connectivity index (χ2v) is 14.7. The predicted molar refractivity (Wildman–Crippen MR) is 213 cm³/mol. The first-order valence-electron chi connectivity index (χ1n) is 18.1. The van der Waals surface area contributed by atoms with E-state index in [1.54, 1.807) is 12.1 Å². The minimum absolute atomic E-state index is 0. The van der Waals surface area contributed by atoms with E-state index in [1.807, 2.05) is 11.0 Å². The monoisotopic (exact) mass is 825 g/mol.